The van der Waals surface area contributed by atoms with Gasteiger partial charge in [-0.15, -0.1) is 12.4 Å². The summed E-state index contributed by atoms with van der Waals surface area (Å²) in [6.45, 7) is 4.09. The van der Waals surface area contributed by atoms with Crippen LogP contribution in [0.1, 0.15) is 29.3 Å². The minimum atomic E-state index is -0.0252. The monoisotopic (exact) mass is 309 g/mol. The van der Waals surface area contributed by atoms with Crippen molar-refractivity contribution in [3.8, 4) is 0 Å². The zero-order chi connectivity index (χ0) is 14.1. The molecule has 2 amide bonds. The summed E-state index contributed by atoms with van der Waals surface area (Å²) in [4.78, 5) is 25.5. The van der Waals surface area contributed by atoms with Crippen LogP contribution in [0.2, 0.25) is 0 Å². The molecule has 0 spiro atoms. The molecule has 2 heterocycles. The molecule has 114 valence electrons. The van der Waals surface area contributed by atoms with Crippen molar-refractivity contribution in [2.45, 2.75) is 25.8 Å². The lowest BCUT2D eigenvalue weighted by Crippen LogP contribution is -2.36. The van der Waals surface area contributed by atoms with E-state index in [-0.39, 0.29) is 30.3 Å². The van der Waals surface area contributed by atoms with Gasteiger partial charge in [0.15, 0.2) is 0 Å². The number of rotatable bonds is 2. The van der Waals surface area contributed by atoms with Gasteiger partial charge in [-0.3, -0.25) is 9.59 Å². The van der Waals surface area contributed by atoms with E-state index < -0.39 is 0 Å². The van der Waals surface area contributed by atoms with Gasteiger partial charge < -0.3 is 15.5 Å². The Morgan fingerprint density at radius 1 is 1.38 bits per heavy atom. The van der Waals surface area contributed by atoms with E-state index in [9.17, 15) is 9.59 Å². The van der Waals surface area contributed by atoms with Crippen LogP contribution in [0.25, 0.3) is 0 Å². The number of fused-ring (bicyclic) bond motifs is 1. The third-order valence-electron chi connectivity index (χ3n) is 4.01. The van der Waals surface area contributed by atoms with E-state index in [1.54, 1.807) is 17.9 Å². The molecule has 1 fully saturated rings. The summed E-state index contributed by atoms with van der Waals surface area (Å²) in [5, 5.41) is 6.27. The minimum Gasteiger partial charge on any atom is -0.348 e. The topological polar surface area (TPSA) is 61.4 Å². The average Bonchev–Trinajstić information content (AvgIpc) is 3.06. The number of hydrogen-bond donors (Lipinski definition) is 2. The van der Waals surface area contributed by atoms with Crippen molar-refractivity contribution >= 4 is 29.9 Å². The molecule has 0 aromatic heterocycles. The molecule has 1 saturated heterocycles. The number of benzene rings is 1. The molecule has 1 aromatic rings. The lowest BCUT2D eigenvalue weighted by molar-refractivity contribution is -0.116. The number of nitrogens with zero attached hydrogens (tertiary/aromatic N) is 1. The van der Waals surface area contributed by atoms with E-state index in [1.807, 2.05) is 12.1 Å². The van der Waals surface area contributed by atoms with Gasteiger partial charge >= 0.3 is 0 Å². The lowest BCUT2D eigenvalue weighted by atomic mass is 10.1. The maximum absolute atomic E-state index is 12.2. The van der Waals surface area contributed by atoms with Gasteiger partial charge in [0.05, 0.1) is 0 Å². The van der Waals surface area contributed by atoms with Gasteiger partial charge in [-0.25, -0.2) is 0 Å². The first kappa shape index (κ1) is 15.8. The molecule has 2 N–H and O–H groups in total. The Kier molecular flexibility index (Phi) is 4.85. The average molecular weight is 310 g/mol. The van der Waals surface area contributed by atoms with Gasteiger partial charge in [-0.2, -0.15) is 0 Å². The molecular formula is C15H20ClN3O2. The molecule has 1 aromatic carbocycles. The molecule has 0 aliphatic carbocycles. The van der Waals surface area contributed by atoms with Crippen LogP contribution in [0.4, 0.5) is 5.69 Å². The largest absolute Gasteiger partial charge is 0.348 e. The minimum absolute atomic E-state index is 0. The second kappa shape index (κ2) is 6.45. The standard InChI is InChI=1S/C15H19N3O2.ClH/c1-10(19)18-7-5-11-8-12(2-3-14(11)18)15(20)17-13-4-6-16-9-13;/h2-3,8,13,16H,4-7,9H2,1H3,(H,17,20);1H. The number of carbonyl (C=O) groups is 2. The van der Waals surface area contributed by atoms with Gasteiger partial charge in [-0.05, 0) is 43.1 Å². The quantitative estimate of drug-likeness (QED) is 0.860. The predicted octanol–water partition coefficient (Wildman–Crippen LogP) is 1.11. The maximum Gasteiger partial charge on any atom is 0.251 e. The highest BCUT2D eigenvalue weighted by molar-refractivity contribution is 5.98. The summed E-state index contributed by atoms with van der Waals surface area (Å²) in [5.74, 6) is 0.0285. The molecule has 1 unspecified atom stereocenters. The van der Waals surface area contributed by atoms with Crippen molar-refractivity contribution in [3.05, 3.63) is 29.3 Å². The number of amides is 2. The summed E-state index contributed by atoms with van der Waals surface area (Å²) >= 11 is 0. The van der Waals surface area contributed by atoms with Crippen LogP contribution in [0.15, 0.2) is 18.2 Å². The lowest BCUT2D eigenvalue weighted by Gasteiger charge is -2.15. The fraction of sp³-hybridized carbons (Fsp3) is 0.467. The first-order valence-corrected chi connectivity index (χ1v) is 7.08. The van der Waals surface area contributed by atoms with E-state index in [1.165, 1.54) is 0 Å². The third kappa shape index (κ3) is 3.19. The van der Waals surface area contributed by atoms with Crippen LogP contribution in [-0.2, 0) is 11.2 Å². The van der Waals surface area contributed by atoms with Crippen molar-refractivity contribution in [1.29, 1.82) is 0 Å². The number of halogens is 1. The third-order valence-corrected chi connectivity index (χ3v) is 4.01. The summed E-state index contributed by atoms with van der Waals surface area (Å²) in [7, 11) is 0. The number of nitrogens with one attached hydrogen (secondary N) is 2. The Morgan fingerprint density at radius 3 is 2.86 bits per heavy atom. The summed E-state index contributed by atoms with van der Waals surface area (Å²) in [5.41, 5.74) is 2.70. The Hall–Kier alpha value is -1.59. The first-order valence-electron chi connectivity index (χ1n) is 7.08. The smallest absolute Gasteiger partial charge is 0.251 e. The van der Waals surface area contributed by atoms with Gasteiger partial charge in [-0.1, -0.05) is 0 Å². The van der Waals surface area contributed by atoms with Crippen molar-refractivity contribution in [1.82, 2.24) is 10.6 Å². The fourth-order valence-electron chi connectivity index (χ4n) is 2.92. The fourth-order valence-corrected chi connectivity index (χ4v) is 2.92. The molecular weight excluding hydrogens is 290 g/mol. The van der Waals surface area contributed by atoms with Crippen molar-refractivity contribution in [2.24, 2.45) is 0 Å². The van der Waals surface area contributed by atoms with E-state index in [4.69, 9.17) is 0 Å². The first-order chi connectivity index (χ1) is 9.65. The van der Waals surface area contributed by atoms with Crippen molar-refractivity contribution in [3.63, 3.8) is 0 Å². The zero-order valence-electron chi connectivity index (χ0n) is 12.0. The van der Waals surface area contributed by atoms with Gasteiger partial charge in [0.1, 0.15) is 0 Å². The Morgan fingerprint density at radius 2 is 2.19 bits per heavy atom. The normalized spacial score (nSPS) is 19.9. The Labute approximate surface area is 130 Å². The molecule has 5 nitrogen and oxygen atoms in total. The van der Waals surface area contributed by atoms with Crippen LogP contribution in [0.5, 0.6) is 0 Å². The number of hydrogen-bond acceptors (Lipinski definition) is 3. The van der Waals surface area contributed by atoms with E-state index in [2.05, 4.69) is 10.6 Å². The Balaban J connectivity index is 0.00000161. The van der Waals surface area contributed by atoms with Crippen LogP contribution < -0.4 is 15.5 Å². The van der Waals surface area contributed by atoms with E-state index >= 15 is 0 Å². The highest BCUT2D eigenvalue weighted by atomic mass is 35.5. The second-order valence-electron chi connectivity index (χ2n) is 5.43. The molecule has 2 aliphatic rings. The van der Waals surface area contributed by atoms with Crippen molar-refractivity contribution in [2.75, 3.05) is 24.5 Å². The summed E-state index contributed by atoms with van der Waals surface area (Å²) < 4.78 is 0. The van der Waals surface area contributed by atoms with Gasteiger partial charge in [0.25, 0.3) is 5.91 Å². The van der Waals surface area contributed by atoms with Crippen LogP contribution in [0.3, 0.4) is 0 Å². The summed E-state index contributed by atoms with van der Waals surface area (Å²) in [6.07, 6.45) is 1.80. The molecule has 1 atom stereocenters. The summed E-state index contributed by atoms with van der Waals surface area (Å²) in [6, 6.07) is 5.82. The molecule has 0 bridgehead atoms. The van der Waals surface area contributed by atoms with Gasteiger partial charge in [0, 0.05) is 37.3 Å². The predicted molar refractivity (Wildman–Crippen MR) is 84.2 cm³/mol. The van der Waals surface area contributed by atoms with Crippen LogP contribution in [-0.4, -0.2) is 37.5 Å². The van der Waals surface area contributed by atoms with Crippen LogP contribution >= 0.6 is 12.4 Å². The molecule has 2 aliphatic heterocycles. The second-order valence-corrected chi connectivity index (χ2v) is 5.43. The molecule has 0 saturated carbocycles. The molecule has 21 heavy (non-hydrogen) atoms. The highest BCUT2D eigenvalue weighted by Gasteiger charge is 2.24. The van der Waals surface area contributed by atoms with Gasteiger partial charge in [0.2, 0.25) is 5.91 Å². The zero-order valence-corrected chi connectivity index (χ0v) is 12.8. The van der Waals surface area contributed by atoms with Crippen molar-refractivity contribution < 1.29 is 9.59 Å². The van der Waals surface area contributed by atoms with E-state index in [0.29, 0.717) is 12.1 Å². The maximum atomic E-state index is 12.2. The number of carbonyl (C=O) groups excluding carboxylic acids is 2. The molecule has 6 heteroatoms. The number of anilines is 1. The molecule has 3 rings (SSSR count). The van der Waals surface area contributed by atoms with E-state index in [0.717, 1.165) is 37.2 Å². The SMILES string of the molecule is CC(=O)N1CCc2cc(C(=O)NC3CCNC3)ccc21.Cl. The highest BCUT2D eigenvalue weighted by Crippen LogP contribution is 2.28. The van der Waals surface area contributed by atoms with Crippen LogP contribution in [0, 0.1) is 0 Å². The molecule has 0 radical (unpaired) electrons. The Bertz CT molecular complexity index is 556.